The molecule has 0 unspecified atom stereocenters. The molecule has 78 valence electrons. The summed E-state index contributed by atoms with van der Waals surface area (Å²) in [5.74, 6) is 0.489. The number of nitrogens with two attached hydrogens (primary N) is 1. The standard InChI is InChI=1S/C9H13NO3S/c1-13-8-3-2-4-9(7-8)14(11,12)6-5-10/h2-4,7H,5-6,10H2,1H3. The minimum absolute atomic E-state index is 0.0415. The molecular weight excluding hydrogens is 202 g/mol. The molecule has 0 fully saturated rings. The summed E-state index contributed by atoms with van der Waals surface area (Å²) in [5, 5.41) is 0. The summed E-state index contributed by atoms with van der Waals surface area (Å²) in [4.78, 5) is 0.252. The third-order valence-electron chi connectivity index (χ3n) is 1.79. The van der Waals surface area contributed by atoms with Gasteiger partial charge in [0, 0.05) is 6.54 Å². The summed E-state index contributed by atoms with van der Waals surface area (Å²) in [6.45, 7) is 0.125. The van der Waals surface area contributed by atoms with Gasteiger partial charge in [-0.05, 0) is 18.2 Å². The van der Waals surface area contributed by atoms with Crippen LogP contribution in [0.2, 0.25) is 0 Å². The van der Waals surface area contributed by atoms with Crippen molar-refractivity contribution in [3.63, 3.8) is 0 Å². The van der Waals surface area contributed by atoms with E-state index in [9.17, 15) is 8.42 Å². The third-order valence-corrected chi connectivity index (χ3v) is 3.53. The first-order valence-corrected chi connectivity index (χ1v) is 5.82. The predicted molar refractivity (Wildman–Crippen MR) is 54.1 cm³/mol. The molecule has 0 saturated carbocycles. The molecule has 0 radical (unpaired) electrons. The van der Waals surface area contributed by atoms with Gasteiger partial charge < -0.3 is 10.5 Å². The Hall–Kier alpha value is -1.07. The molecule has 0 heterocycles. The molecule has 0 aliphatic rings. The van der Waals surface area contributed by atoms with Gasteiger partial charge in [-0.2, -0.15) is 0 Å². The Balaban J connectivity index is 3.07. The Kier molecular flexibility index (Phi) is 3.49. The van der Waals surface area contributed by atoms with E-state index in [1.165, 1.54) is 19.2 Å². The number of hydrogen-bond acceptors (Lipinski definition) is 4. The highest BCUT2D eigenvalue weighted by Gasteiger charge is 2.13. The molecule has 0 aliphatic heterocycles. The zero-order chi connectivity index (χ0) is 10.6. The Morgan fingerprint density at radius 3 is 2.71 bits per heavy atom. The second kappa shape index (κ2) is 4.43. The molecule has 0 aliphatic carbocycles. The molecule has 14 heavy (non-hydrogen) atoms. The molecule has 1 aromatic rings. The third kappa shape index (κ3) is 2.46. The molecular formula is C9H13NO3S. The van der Waals surface area contributed by atoms with Crippen LogP contribution in [0.15, 0.2) is 29.2 Å². The monoisotopic (exact) mass is 215 g/mol. The number of rotatable bonds is 4. The van der Waals surface area contributed by atoms with Crippen molar-refractivity contribution in [1.29, 1.82) is 0 Å². The second-order valence-corrected chi connectivity index (χ2v) is 4.90. The highest BCUT2D eigenvalue weighted by atomic mass is 32.2. The molecule has 2 N–H and O–H groups in total. The molecule has 0 spiro atoms. The van der Waals surface area contributed by atoms with Gasteiger partial charge in [0.15, 0.2) is 9.84 Å². The fraction of sp³-hybridized carbons (Fsp3) is 0.333. The Morgan fingerprint density at radius 2 is 2.14 bits per heavy atom. The van der Waals surface area contributed by atoms with Gasteiger partial charge in [-0.1, -0.05) is 6.07 Å². The summed E-state index contributed by atoms with van der Waals surface area (Å²) >= 11 is 0. The van der Waals surface area contributed by atoms with Gasteiger partial charge in [0.1, 0.15) is 5.75 Å². The van der Waals surface area contributed by atoms with Gasteiger partial charge in [0.2, 0.25) is 0 Å². The topological polar surface area (TPSA) is 69.4 Å². The highest BCUT2D eigenvalue weighted by molar-refractivity contribution is 7.91. The molecule has 0 amide bonds. The van der Waals surface area contributed by atoms with Crippen molar-refractivity contribution in [2.75, 3.05) is 19.4 Å². The van der Waals surface area contributed by atoms with Crippen LogP contribution in [0.5, 0.6) is 5.75 Å². The maximum absolute atomic E-state index is 11.6. The number of sulfone groups is 1. The van der Waals surface area contributed by atoms with Crippen molar-refractivity contribution in [3.8, 4) is 5.75 Å². The molecule has 1 rings (SSSR count). The van der Waals surface area contributed by atoms with E-state index < -0.39 is 9.84 Å². The summed E-state index contributed by atoms with van der Waals surface area (Å²) in [6, 6.07) is 6.36. The van der Waals surface area contributed by atoms with Crippen LogP contribution in [0.3, 0.4) is 0 Å². The lowest BCUT2D eigenvalue weighted by atomic mass is 10.3. The Bertz CT molecular complexity index is 400. The molecule has 0 bridgehead atoms. The van der Waals surface area contributed by atoms with E-state index >= 15 is 0 Å². The number of methoxy groups -OCH3 is 1. The minimum Gasteiger partial charge on any atom is -0.497 e. The molecule has 5 heteroatoms. The highest BCUT2D eigenvalue weighted by Crippen LogP contribution is 2.17. The zero-order valence-corrected chi connectivity index (χ0v) is 8.75. The smallest absolute Gasteiger partial charge is 0.179 e. The van der Waals surface area contributed by atoms with E-state index in [2.05, 4.69) is 0 Å². The van der Waals surface area contributed by atoms with Crippen LogP contribution in [0, 0.1) is 0 Å². The lowest BCUT2D eigenvalue weighted by molar-refractivity contribution is 0.413. The van der Waals surface area contributed by atoms with E-state index in [4.69, 9.17) is 10.5 Å². The lowest BCUT2D eigenvalue weighted by Crippen LogP contribution is -2.15. The maximum atomic E-state index is 11.6. The van der Waals surface area contributed by atoms with Gasteiger partial charge in [0.25, 0.3) is 0 Å². The quantitative estimate of drug-likeness (QED) is 0.790. The lowest BCUT2D eigenvalue weighted by Gasteiger charge is -2.04. The van der Waals surface area contributed by atoms with Gasteiger partial charge in [-0.3, -0.25) is 0 Å². The molecule has 0 aromatic heterocycles. The van der Waals surface area contributed by atoms with E-state index in [1.54, 1.807) is 12.1 Å². The predicted octanol–water partition coefficient (Wildman–Crippen LogP) is 0.428. The SMILES string of the molecule is COc1cccc(S(=O)(=O)CCN)c1. The van der Waals surface area contributed by atoms with Crippen LogP contribution < -0.4 is 10.5 Å². The number of benzene rings is 1. The van der Waals surface area contributed by atoms with Gasteiger partial charge in [0.05, 0.1) is 17.8 Å². The summed E-state index contributed by atoms with van der Waals surface area (Å²) < 4.78 is 28.1. The van der Waals surface area contributed by atoms with Crippen LogP contribution in [-0.2, 0) is 9.84 Å². The largest absolute Gasteiger partial charge is 0.497 e. The van der Waals surface area contributed by atoms with E-state index in [-0.39, 0.29) is 17.2 Å². The summed E-state index contributed by atoms with van der Waals surface area (Å²) in [6.07, 6.45) is 0. The molecule has 4 nitrogen and oxygen atoms in total. The van der Waals surface area contributed by atoms with Crippen molar-refractivity contribution in [2.45, 2.75) is 4.90 Å². The van der Waals surface area contributed by atoms with Crippen molar-refractivity contribution in [1.82, 2.24) is 0 Å². The Labute approximate surface area is 83.6 Å². The first kappa shape index (κ1) is 11.0. The van der Waals surface area contributed by atoms with Crippen molar-refractivity contribution >= 4 is 9.84 Å². The van der Waals surface area contributed by atoms with Gasteiger partial charge in [-0.25, -0.2) is 8.42 Å². The maximum Gasteiger partial charge on any atom is 0.179 e. The first-order chi connectivity index (χ1) is 6.60. The van der Waals surface area contributed by atoms with Gasteiger partial charge in [-0.15, -0.1) is 0 Å². The first-order valence-electron chi connectivity index (χ1n) is 4.17. The van der Waals surface area contributed by atoms with Crippen molar-refractivity contribution in [3.05, 3.63) is 24.3 Å². The van der Waals surface area contributed by atoms with Crippen LogP contribution in [0.4, 0.5) is 0 Å². The summed E-state index contributed by atoms with van der Waals surface area (Å²) in [5.41, 5.74) is 5.21. The number of hydrogen-bond donors (Lipinski definition) is 1. The van der Waals surface area contributed by atoms with E-state index in [1.807, 2.05) is 0 Å². The Morgan fingerprint density at radius 1 is 1.43 bits per heavy atom. The van der Waals surface area contributed by atoms with Crippen LogP contribution in [-0.4, -0.2) is 27.8 Å². The van der Waals surface area contributed by atoms with Gasteiger partial charge >= 0.3 is 0 Å². The van der Waals surface area contributed by atoms with Crippen LogP contribution in [0.25, 0.3) is 0 Å². The van der Waals surface area contributed by atoms with E-state index in [0.717, 1.165) is 0 Å². The molecule has 1 aromatic carbocycles. The van der Waals surface area contributed by atoms with Crippen molar-refractivity contribution < 1.29 is 13.2 Å². The van der Waals surface area contributed by atoms with Crippen LogP contribution in [0.1, 0.15) is 0 Å². The molecule has 0 saturated heterocycles. The van der Waals surface area contributed by atoms with Crippen molar-refractivity contribution in [2.24, 2.45) is 5.73 Å². The second-order valence-electron chi connectivity index (χ2n) is 2.79. The average Bonchev–Trinajstić information content (AvgIpc) is 2.18. The summed E-state index contributed by atoms with van der Waals surface area (Å²) in [7, 11) is -1.75. The average molecular weight is 215 g/mol. The van der Waals surface area contributed by atoms with Crippen LogP contribution >= 0.6 is 0 Å². The van der Waals surface area contributed by atoms with E-state index in [0.29, 0.717) is 5.75 Å². The fourth-order valence-electron chi connectivity index (χ4n) is 1.07. The minimum atomic E-state index is -3.25. The molecule has 0 atom stereocenters. The number of ether oxygens (including phenoxy) is 1. The zero-order valence-electron chi connectivity index (χ0n) is 7.93. The normalized spacial score (nSPS) is 11.3. The fourth-order valence-corrected chi connectivity index (χ4v) is 2.20.